The van der Waals surface area contributed by atoms with Crippen molar-refractivity contribution in [3.05, 3.63) is 0 Å². The third-order valence-electron chi connectivity index (χ3n) is 0. The molecule has 0 heterocycles. The van der Waals surface area contributed by atoms with Crippen molar-refractivity contribution in [3.8, 4) is 0 Å². The number of hydrogen-bond acceptors (Lipinski definition) is 0. The fourth-order valence-electron chi connectivity index (χ4n) is 0. The van der Waals surface area contributed by atoms with Crippen LogP contribution < -0.4 is 0 Å². The van der Waals surface area contributed by atoms with E-state index in [4.69, 9.17) is 5.75 Å². The molecule has 0 aliphatic rings. The molecule has 0 bridgehead atoms. The van der Waals surface area contributed by atoms with Crippen molar-refractivity contribution >= 4 is 87.0 Å². The first-order valence-corrected chi connectivity index (χ1v) is 9.80. The van der Waals surface area contributed by atoms with E-state index in [9.17, 15) is 0 Å². The SMILES string of the molecule is [B][Te][SiH3].[BiH3].[PbH2].[Zn]. The van der Waals surface area contributed by atoms with E-state index in [1.54, 1.807) is 0 Å². The van der Waals surface area contributed by atoms with Gasteiger partial charge in [0.1, 0.15) is 0 Å². The molecule has 0 aliphatic carbocycles. The molecule has 6 heavy (non-hydrogen) atoms. The van der Waals surface area contributed by atoms with E-state index in [1.165, 1.54) is 7.79 Å². The van der Waals surface area contributed by atoms with Crippen LogP contribution in [-0.2, 0) is 19.5 Å². The standard InChI is InChI=1S/BH3SiTe.Bi.Pb.Zn.5H/c1-3-2;;;;;;;;/h2H3;;;;;;;;. The van der Waals surface area contributed by atoms with Crippen LogP contribution in [0.15, 0.2) is 0 Å². The van der Waals surface area contributed by atoms with Crippen LogP contribution >= 0.6 is 0 Å². The molecule has 0 aliphatic heterocycles. The Morgan fingerprint density at radius 3 is 1.50 bits per heavy atom. The zero-order valence-corrected chi connectivity index (χ0v) is 22.4. The van der Waals surface area contributed by atoms with Crippen molar-refractivity contribution in [2.24, 2.45) is 0 Å². The average Bonchev–Trinajstić information content (AvgIpc) is 0.918. The number of rotatable bonds is 0. The Balaban J connectivity index is -0.00000000667. The fourth-order valence-corrected chi connectivity index (χ4v) is 0. The quantitative estimate of drug-likeness (QED) is 0.234. The second-order valence-electron chi connectivity index (χ2n) is 0.236. The Bertz CT molecular complexity index is 15.5. The van der Waals surface area contributed by atoms with Gasteiger partial charge >= 0.3 is 87.0 Å². The van der Waals surface area contributed by atoms with E-state index in [0.717, 1.165) is 0 Å². The minimum atomic E-state index is 0. The van der Waals surface area contributed by atoms with Gasteiger partial charge in [-0.2, -0.15) is 0 Å². The molecule has 0 atom stereocenters. The third kappa shape index (κ3) is 25.9. The second-order valence-corrected chi connectivity index (χ2v) is 4.74. The summed E-state index contributed by atoms with van der Waals surface area (Å²) in [7, 11) is 1.28. The molecular weight excluding hydrogens is 648 g/mol. The minimum absolute atomic E-state index is 0. The van der Waals surface area contributed by atoms with E-state index in [1.807, 2.05) is 0 Å². The fraction of sp³-hybridized carbons (Fsp3) is 0. The molecule has 0 saturated heterocycles. The molecule has 32 valence electrons. The zero-order valence-electron chi connectivity index (χ0n) is 4.11. The van der Waals surface area contributed by atoms with Gasteiger partial charge in [0.05, 0.1) is 0 Å². The summed E-state index contributed by atoms with van der Waals surface area (Å²) in [6.07, 6.45) is 0. The molecule has 0 unspecified atom stereocenters. The van der Waals surface area contributed by atoms with Crippen molar-refractivity contribution in [1.82, 2.24) is 0 Å². The van der Waals surface area contributed by atoms with Crippen molar-refractivity contribution in [2.75, 3.05) is 0 Å². The van der Waals surface area contributed by atoms with Gasteiger partial charge in [0.25, 0.3) is 0 Å². The summed E-state index contributed by atoms with van der Waals surface area (Å²) in [6.45, 7) is 0. The summed E-state index contributed by atoms with van der Waals surface area (Å²) in [5.74, 6) is 5.04. The summed E-state index contributed by atoms with van der Waals surface area (Å²) in [5, 5.41) is 0. The summed E-state index contributed by atoms with van der Waals surface area (Å²) >= 11 is 0.109. The van der Waals surface area contributed by atoms with Gasteiger partial charge in [-0.15, -0.1) is 0 Å². The number of hydrogen-bond donors (Lipinski definition) is 0. The van der Waals surface area contributed by atoms with Gasteiger partial charge in [0, 0.05) is 19.5 Å². The first-order chi connectivity index (χ1) is 1.41. The van der Waals surface area contributed by atoms with Crippen molar-refractivity contribution in [2.45, 2.75) is 0 Å². The Hall–Kier alpha value is 3.50. The van der Waals surface area contributed by atoms with Crippen molar-refractivity contribution < 1.29 is 19.5 Å². The largest absolute Gasteiger partial charge is 0 e. The van der Waals surface area contributed by atoms with Crippen LogP contribution in [0.5, 0.6) is 0 Å². The second kappa shape index (κ2) is 23.6. The normalized spacial score (nSPS) is 3.33. The summed E-state index contributed by atoms with van der Waals surface area (Å²) in [5.41, 5.74) is 0. The molecule has 0 aromatic carbocycles. The Morgan fingerprint density at radius 1 is 1.50 bits per heavy atom. The molecule has 0 N–H and O–H groups in total. The van der Waals surface area contributed by atoms with Gasteiger partial charge in [0.15, 0.2) is 0 Å². The topological polar surface area (TPSA) is 0 Å². The van der Waals surface area contributed by atoms with Crippen LogP contribution in [0.2, 0.25) is 0 Å². The smallest absolute Gasteiger partial charge is 0 e. The van der Waals surface area contributed by atoms with E-state index in [-0.39, 0.29) is 92.9 Å². The molecule has 0 rings (SSSR count). The third-order valence-corrected chi connectivity index (χ3v) is 0. The molecule has 0 amide bonds. The summed E-state index contributed by atoms with van der Waals surface area (Å²) < 4.78 is 0. The van der Waals surface area contributed by atoms with Gasteiger partial charge in [-0.25, -0.2) is 0 Å². The Kier molecular flexibility index (Phi) is 89.3. The Morgan fingerprint density at radius 2 is 1.50 bits per heavy atom. The molecule has 0 fully saturated rings. The van der Waals surface area contributed by atoms with Gasteiger partial charge < -0.3 is 0 Å². The molecule has 0 nitrogen and oxygen atoms in total. The maximum absolute atomic E-state index is 5.04. The van der Waals surface area contributed by atoms with Crippen LogP contribution in [0.25, 0.3) is 0 Å². The Labute approximate surface area is 104 Å². The summed E-state index contributed by atoms with van der Waals surface area (Å²) in [4.78, 5) is 0. The van der Waals surface area contributed by atoms with E-state index in [0.29, 0.717) is 0 Å². The van der Waals surface area contributed by atoms with Crippen molar-refractivity contribution in [1.29, 1.82) is 0 Å². The van der Waals surface area contributed by atoms with Crippen LogP contribution in [0.4, 0.5) is 0 Å². The minimum Gasteiger partial charge on any atom is 0 e. The van der Waals surface area contributed by atoms with Crippen LogP contribution in [0.1, 0.15) is 0 Å². The summed E-state index contributed by atoms with van der Waals surface area (Å²) in [6, 6.07) is 0. The molecule has 0 aromatic heterocycles. The molecule has 0 aromatic rings. The first-order valence-electron chi connectivity index (χ1n) is 0.644. The predicted molar refractivity (Wildman–Crippen MR) is 39.9 cm³/mol. The maximum atomic E-state index is 5.04. The van der Waals surface area contributed by atoms with Crippen LogP contribution in [0.3, 0.4) is 0 Å². The molecule has 0 spiro atoms. The maximum Gasteiger partial charge on any atom is 0 e. The van der Waals surface area contributed by atoms with E-state index in [2.05, 4.69) is 0 Å². The first kappa shape index (κ1) is 22.7. The van der Waals surface area contributed by atoms with Crippen LogP contribution in [-0.4, -0.2) is 87.0 Å². The van der Waals surface area contributed by atoms with Crippen LogP contribution in [0, 0.1) is 0 Å². The molecule has 6 heteroatoms. The predicted octanol–water partition coefficient (Wildman–Crippen LogP) is -4.05. The van der Waals surface area contributed by atoms with Crippen molar-refractivity contribution in [3.63, 3.8) is 0 Å². The average molecular weight is 656 g/mol. The van der Waals surface area contributed by atoms with E-state index >= 15 is 0 Å². The van der Waals surface area contributed by atoms with Gasteiger partial charge in [-0.3, -0.25) is 0 Å². The monoisotopic (exact) mass is 658 g/mol. The van der Waals surface area contributed by atoms with E-state index < -0.39 is 0 Å². The molecule has 4 radical (unpaired) electrons. The molecular formula is H8BBiPbSiTeZn. The van der Waals surface area contributed by atoms with Gasteiger partial charge in [-0.1, -0.05) is 0 Å². The zero-order chi connectivity index (χ0) is 2.71. The van der Waals surface area contributed by atoms with Gasteiger partial charge in [0.2, 0.25) is 0 Å². The molecule has 0 saturated carbocycles. The van der Waals surface area contributed by atoms with Gasteiger partial charge in [-0.05, 0) is 0 Å².